The van der Waals surface area contributed by atoms with Crippen molar-refractivity contribution in [1.82, 2.24) is 0 Å². The van der Waals surface area contributed by atoms with Crippen LogP contribution < -0.4 is 9.21 Å². The molecule has 0 aliphatic carbocycles. The topological polar surface area (TPSA) is 95.0 Å². The number of anilines is 2. The maximum absolute atomic E-state index is 11.9. The molecule has 2 aliphatic heterocycles. The summed E-state index contributed by atoms with van der Waals surface area (Å²) in [6.45, 7) is 0.612. The summed E-state index contributed by atoms with van der Waals surface area (Å²) in [5.74, 6) is -1.74. The van der Waals surface area contributed by atoms with Crippen molar-refractivity contribution in [3.05, 3.63) is 24.3 Å². The van der Waals surface area contributed by atoms with Gasteiger partial charge >= 0.3 is 5.97 Å². The number of benzene rings is 1. The summed E-state index contributed by atoms with van der Waals surface area (Å²) in [5, 5.41) is 8.99. The number of rotatable bonds is 3. The van der Waals surface area contributed by atoms with Crippen LogP contribution in [0, 0.1) is 5.92 Å². The number of aliphatic carboxylic acids is 1. The molecular formula is C14H16N2O5S. The predicted octanol–water partition coefficient (Wildman–Crippen LogP) is 0.664. The Kier molecular flexibility index (Phi) is 3.56. The highest BCUT2D eigenvalue weighted by molar-refractivity contribution is 7.93. The molecule has 1 aromatic carbocycles. The largest absolute Gasteiger partial charge is 0.481 e. The number of amides is 1. The van der Waals surface area contributed by atoms with Crippen LogP contribution in [-0.2, 0) is 19.6 Å². The third kappa shape index (κ3) is 2.54. The van der Waals surface area contributed by atoms with Gasteiger partial charge in [0.05, 0.1) is 17.4 Å². The van der Waals surface area contributed by atoms with E-state index in [0.29, 0.717) is 24.3 Å². The van der Waals surface area contributed by atoms with Crippen LogP contribution in [0.5, 0.6) is 0 Å². The average Bonchev–Trinajstić information content (AvgIpc) is 3.02. The number of carboxylic acid groups (broad SMARTS) is 1. The van der Waals surface area contributed by atoms with Gasteiger partial charge in [0.25, 0.3) is 0 Å². The van der Waals surface area contributed by atoms with Crippen LogP contribution in [0.4, 0.5) is 11.4 Å². The van der Waals surface area contributed by atoms with E-state index in [0.717, 1.165) is 0 Å². The lowest BCUT2D eigenvalue weighted by Gasteiger charge is -2.20. The van der Waals surface area contributed by atoms with E-state index >= 15 is 0 Å². The van der Waals surface area contributed by atoms with Gasteiger partial charge in [-0.15, -0.1) is 0 Å². The summed E-state index contributed by atoms with van der Waals surface area (Å²) in [6.07, 6.45) is 0.604. The van der Waals surface area contributed by atoms with Crippen LogP contribution in [-0.4, -0.2) is 44.2 Å². The summed E-state index contributed by atoms with van der Waals surface area (Å²) in [5.41, 5.74) is 1.16. The van der Waals surface area contributed by atoms with Crippen LogP contribution in [0.3, 0.4) is 0 Å². The van der Waals surface area contributed by atoms with Gasteiger partial charge in [-0.25, -0.2) is 8.42 Å². The number of sulfonamides is 1. The first-order valence-corrected chi connectivity index (χ1v) is 8.63. The highest BCUT2D eigenvalue weighted by atomic mass is 32.2. The molecule has 2 aliphatic rings. The first kappa shape index (κ1) is 14.8. The molecule has 2 heterocycles. The zero-order valence-electron chi connectivity index (χ0n) is 11.8. The van der Waals surface area contributed by atoms with E-state index in [1.165, 1.54) is 9.21 Å². The smallest absolute Gasteiger partial charge is 0.308 e. The van der Waals surface area contributed by atoms with E-state index in [9.17, 15) is 18.0 Å². The standard InChI is InChI=1S/C14H16N2O5S/c17-13-8-10(14(18)19)9-15(13)11-2-4-12(5-3-11)16-6-1-7-22(16,20)21/h2-5,10H,1,6-9H2,(H,18,19)/t10-/m0/s1. The van der Waals surface area contributed by atoms with Crippen molar-refractivity contribution in [1.29, 1.82) is 0 Å². The van der Waals surface area contributed by atoms with Crippen molar-refractivity contribution < 1.29 is 23.1 Å². The molecule has 7 nitrogen and oxygen atoms in total. The minimum Gasteiger partial charge on any atom is -0.481 e. The van der Waals surface area contributed by atoms with E-state index in [2.05, 4.69) is 0 Å². The van der Waals surface area contributed by atoms with Crippen molar-refractivity contribution in [2.45, 2.75) is 12.8 Å². The Morgan fingerprint density at radius 2 is 1.82 bits per heavy atom. The van der Waals surface area contributed by atoms with Gasteiger partial charge in [0, 0.05) is 25.2 Å². The van der Waals surface area contributed by atoms with Gasteiger partial charge in [-0.3, -0.25) is 13.9 Å². The molecule has 0 spiro atoms. The first-order chi connectivity index (χ1) is 10.4. The summed E-state index contributed by atoms with van der Waals surface area (Å²) in [4.78, 5) is 24.3. The molecule has 0 radical (unpaired) electrons. The fraction of sp³-hybridized carbons (Fsp3) is 0.429. The van der Waals surface area contributed by atoms with Gasteiger partial charge in [0.1, 0.15) is 0 Å². The van der Waals surface area contributed by atoms with Crippen molar-refractivity contribution in [2.75, 3.05) is 28.0 Å². The number of nitrogens with zero attached hydrogens (tertiary/aromatic N) is 2. The molecule has 0 saturated carbocycles. The van der Waals surface area contributed by atoms with E-state index in [1.807, 2.05) is 0 Å². The molecule has 3 rings (SSSR count). The fourth-order valence-corrected chi connectivity index (χ4v) is 4.42. The molecule has 2 fully saturated rings. The summed E-state index contributed by atoms with van der Waals surface area (Å²) < 4.78 is 25.1. The SMILES string of the molecule is O=C(O)[C@H]1CC(=O)N(c2ccc(N3CCCS3(=O)=O)cc2)C1. The number of carbonyl (C=O) groups is 2. The lowest BCUT2D eigenvalue weighted by Crippen LogP contribution is -2.27. The van der Waals surface area contributed by atoms with Gasteiger partial charge in [0.2, 0.25) is 15.9 Å². The van der Waals surface area contributed by atoms with Gasteiger partial charge in [0.15, 0.2) is 0 Å². The third-order valence-electron chi connectivity index (χ3n) is 4.02. The number of hydrogen-bond acceptors (Lipinski definition) is 4. The highest BCUT2D eigenvalue weighted by Crippen LogP contribution is 2.29. The zero-order chi connectivity index (χ0) is 15.9. The second kappa shape index (κ2) is 5.28. The van der Waals surface area contributed by atoms with Crippen LogP contribution in [0.2, 0.25) is 0 Å². The molecule has 1 aromatic rings. The number of carboxylic acids is 1. The third-order valence-corrected chi connectivity index (χ3v) is 5.89. The Labute approximate surface area is 128 Å². The molecular weight excluding hydrogens is 308 g/mol. The lowest BCUT2D eigenvalue weighted by atomic mass is 10.1. The number of hydrogen-bond donors (Lipinski definition) is 1. The van der Waals surface area contributed by atoms with Crippen molar-refractivity contribution in [2.24, 2.45) is 5.92 Å². The maximum atomic E-state index is 11.9. The van der Waals surface area contributed by atoms with Crippen LogP contribution in [0.15, 0.2) is 24.3 Å². The van der Waals surface area contributed by atoms with Crippen LogP contribution in [0.1, 0.15) is 12.8 Å². The van der Waals surface area contributed by atoms with Gasteiger partial charge in [-0.1, -0.05) is 0 Å². The minimum atomic E-state index is -3.23. The van der Waals surface area contributed by atoms with Crippen molar-refractivity contribution >= 4 is 33.3 Å². The molecule has 0 unspecified atom stereocenters. The maximum Gasteiger partial charge on any atom is 0.308 e. The molecule has 8 heteroatoms. The van der Waals surface area contributed by atoms with Crippen LogP contribution in [0.25, 0.3) is 0 Å². The molecule has 1 amide bonds. The monoisotopic (exact) mass is 324 g/mol. The summed E-state index contributed by atoms with van der Waals surface area (Å²) >= 11 is 0. The van der Waals surface area contributed by atoms with E-state index in [-0.39, 0.29) is 24.6 Å². The molecule has 22 heavy (non-hydrogen) atoms. The predicted molar refractivity (Wildman–Crippen MR) is 80.3 cm³/mol. The molecule has 0 aromatic heterocycles. The van der Waals surface area contributed by atoms with E-state index in [1.54, 1.807) is 24.3 Å². The van der Waals surface area contributed by atoms with Crippen LogP contribution >= 0.6 is 0 Å². The Balaban J connectivity index is 1.80. The zero-order valence-corrected chi connectivity index (χ0v) is 12.6. The summed E-state index contributed by atoms with van der Waals surface area (Å²) in [7, 11) is -3.23. The Morgan fingerprint density at radius 3 is 2.32 bits per heavy atom. The van der Waals surface area contributed by atoms with E-state index < -0.39 is 21.9 Å². The first-order valence-electron chi connectivity index (χ1n) is 7.02. The second-order valence-corrected chi connectivity index (χ2v) is 7.51. The van der Waals surface area contributed by atoms with Crippen molar-refractivity contribution in [3.8, 4) is 0 Å². The normalized spacial score (nSPS) is 24.0. The Bertz CT molecular complexity index is 713. The van der Waals surface area contributed by atoms with Gasteiger partial charge in [-0.05, 0) is 30.7 Å². The molecule has 1 atom stereocenters. The lowest BCUT2D eigenvalue weighted by molar-refractivity contribution is -0.141. The molecule has 1 N–H and O–H groups in total. The van der Waals surface area contributed by atoms with Gasteiger partial charge < -0.3 is 10.0 Å². The molecule has 118 valence electrons. The fourth-order valence-electron chi connectivity index (χ4n) is 2.85. The minimum absolute atomic E-state index is 0.00239. The Hall–Kier alpha value is -2.09. The highest BCUT2D eigenvalue weighted by Gasteiger charge is 2.35. The molecule has 2 saturated heterocycles. The molecule has 0 bridgehead atoms. The van der Waals surface area contributed by atoms with E-state index in [4.69, 9.17) is 5.11 Å². The Morgan fingerprint density at radius 1 is 1.18 bits per heavy atom. The summed E-state index contributed by atoms with van der Waals surface area (Å²) in [6, 6.07) is 6.62. The average molecular weight is 324 g/mol. The second-order valence-electron chi connectivity index (χ2n) is 5.50. The van der Waals surface area contributed by atoms with Crippen molar-refractivity contribution in [3.63, 3.8) is 0 Å². The van der Waals surface area contributed by atoms with Gasteiger partial charge in [-0.2, -0.15) is 0 Å². The quantitative estimate of drug-likeness (QED) is 0.881. The number of carbonyl (C=O) groups excluding carboxylic acids is 1.